The molecule has 2 heterocycles. The van der Waals surface area contributed by atoms with E-state index in [0.717, 1.165) is 39.0 Å². The van der Waals surface area contributed by atoms with Gasteiger partial charge >= 0.3 is 6.18 Å². The van der Waals surface area contributed by atoms with Gasteiger partial charge in [-0.15, -0.1) is 12.4 Å². The standard InChI is InChI=1S/C13H23F3N2.ClH/c1-10-12(13(14,15)16)3-2-8-18(10)9-11-4-6-17-7-5-11;/h10-12,17H,2-9H2,1H3;1H. The van der Waals surface area contributed by atoms with E-state index in [1.165, 1.54) is 0 Å². The Hall–Kier alpha value is 0. The van der Waals surface area contributed by atoms with Gasteiger partial charge in [-0.1, -0.05) is 0 Å². The number of rotatable bonds is 2. The van der Waals surface area contributed by atoms with Crippen LogP contribution in [0.15, 0.2) is 0 Å². The Labute approximate surface area is 119 Å². The Morgan fingerprint density at radius 2 is 1.79 bits per heavy atom. The topological polar surface area (TPSA) is 15.3 Å². The van der Waals surface area contributed by atoms with Crippen molar-refractivity contribution in [3.05, 3.63) is 0 Å². The van der Waals surface area contributed by atoms with E-state index in [1.54, 1.807) is 6.92 Å². The quantitative estimate of drug-likeness (QED) is 0.843. The van der Waals surface area contributed by atoms with Crippen molar-refractivity contribution in [1.29, 1.82) is 0 Å². The molecule has 1 N–H and O–H groups in total. The fourth-order valence-corrected chi connectivity index (χ4v) is 3.30. The first kappa shape index (κ1) is 17.1. The molecule has 2 aliphatic rings. The van der Waals surface area contributed by atoms with Crippen molar-refractivity contribution in [2.45, 2.75) is 44.8 Å². The number of hydrogen-bond donors (Lipinski definition) is 1. The average molecular weight is 301 g/mol. The molecular formula is C13H24ClF3N2. The Bertz CT molecular complexity index is 267. The summed E-state index contributed by atoms with van der Waals surface area (Å²) >= 11 is 0. The van der Waals surface area contributed by atoms with Crippen LogP contribution in [0.3, 0.4) is 0 Å². The number of likely N-dealkylation sites (tertiary alicyclic amines) is 1. The molecule has 2 atom stereocenters. The lowest BCUT2D eigenvalue weighted by Crippen LogP contribution is -2.50. The van der Waals surface area contributed by atoms with Crippen LogP contribution in [0.4, 0.5) is 13.2 Å². The molecule has 114 valence electrons. The highest BCUT2D eigenvalue weighted by Gasteiger charge is 2.46. The highest BCUT2D eigenvalue weighted by molar-refractivity contribution is 5.85. The number of halogens is 4. The number of alkyl halides is 3. The van der Waals surface area contributed by atoms with Gasteiger partial charge in [0.15, 0.2) is 0 Å². The maximum Gasteiger partial charge on any atom is 0.393 e. The molecule has 2 fully saturated rings. The van der Waals surface area contributed by atoms with Gasteiger partial charge in [-0.2, -0.15) is 13.2 Å². The van der Waals surface area contributed by atoms with Gasteiger partial charge in [-0.05, 0) is 58.2 Å². The molecule has 6 heteroatoms. The number of hydrogen-bond acceptors (Lipinski definition) is 2. The van der Waals surface area contributed by atoms with E-state index in [4.69, 9.17) is 0 Å². The first-order valence-corrected chi connectivity index (χ1v) is 7.00. The zero-order valence-electron chi connectivity index (χ0n) is 11.4. The van der Waals surface area contributed by atoms with Gasteiger partial charge in [0, 0.05) is 12.6 Å². The molecule has 2 saturated heterocycles. The normalized spacial score (nSPS) is 30.9. The van der Waals surface area contributed by atoms with Crippen molar-refractivity contribution in [1.82, 2.24) is 10.2 Å². The first-order valence-electron chi connectivity index (χ1n) is 7.00. The Balaban J connectivity index is 0.00000180. The molecule has 0 aromatic rings. The second-order valence-electron chi connectivity index (χ2n) is 5.72. The second-order valence-corrected chi connectivity index (χ2v) is 5.72. The van der Waals surface area contributed by atoms with E-state index >= 15 is 0 Å². The molecule has 2 nitrogen and oxygen atoms in total. The lowest BCUT2D eigenvalue weighted by molar-refractivity contribution is -0.200. The Kier molecular flexibility index (Phi) is 6.40. The molecule has 2 aliphatic heterocycles. The van der Waals surface area contributed by atoms with Crippen LogP contribution in [0.1, 0.15) is 32.6 Å². The third-order valence-electron chi connectivity index (χ3n) is 4.49. The Morgan fingerprint density at radius 1 is 1.16 bits per heavy atom. The minimum Gasteiger partial charge on any atom is -0.317 e. The summed E-state index contributed by atoms with van der Waals surface area (Å²) in [5.74, 6) is -0.561. The van der Waals surface area contributed by atoms with E-state index in [-0.39, 0.29) is 18.4 Å². The predicted octanol–water partition coefficient (Wildman–Crippen LogP) is 3.07. The van der Waals surface area contributed by atoms with Crippen molar-refractivity contribution in [3.8, 4) is 0 Å². The Morgan fingerprint density at radius 3 is 2.37 bits per heavy atom. The molecule has 0 amide bonds. The fourth-order valence-electron chi connectivity index (χ4n) is 3.30. The molecule has 0 aromatic carbocycles. The largest absolute Gasteiger partial charge is 0.393 e. The van der Waals surface area contributed by atoms with E-state index in [9.17, 15) is 13.2 Å². The van der Waals surface area contributed by atoms with E-state index < -0.39 is 12.1 Å². The monoisotopic (exact) mass is 300 g/mol. The van der Waals surface area contributed by atoms with Crippen molar-refractivity contribution >= 4 is 12.4 Å². The number of nitrogens with one attached hydrogen (secondary N) is 1. The zero-order valence-corrected chi connectivity index (χ0v) is 12.2. The third kappa shape index (κ3) is 4.50. The lowest BCUT2D eigenvalue weighted by Gasteiger charge is -2.42. The second kappa shape index (κ2) is 7.14. The van der Waals surface area contributed by atoms with Crippen molar-refractivity contribution < 1.29 is 13.2 Å². The van der Waals surface area contributed by atoms with Crippen LogP contribution >= 0.6 is 12.4 Å². The minimum atomic E-state index is -4.04. The van der Waals surface area contributed by atoms with Gasteiger partial charge in [0.25, 0.3) is 0 Å². The molecule has 0 aliphatic carbocycles. The molecule has 19 heavy (non-hydrogen) atoms. The average Bonchev–Trinajstić information content (AvgIpc) is 2.32. The lowest BCUT2D eigenvalue weighted by atomic mass is 9.87. The summed E-state index contributed by atoms with van der Waals surface area (Å²) in [6, 6.07) is -0.353. The van der Waals surface area contributed by atoms with Crippen LogP contribution in [-0.2, 0) is 0 Å². The molecule has 0 radical (unpaired) electrons. The SMILES string of the molecule is CC1C(C(F)(F)F)CCCN1CC1CCNCC1.Cl. The van der Waals surface area contributed by atoms with Gasteiger partial charge < -0.3 is 5.32 Å². The predicted molar refractivity (Wildman–Crippen MR) is 72.7 cm³/mol. The summed E-state index contributed by atoms with van der Waals surface area (Å²) in [6.07, 6.45) is -0.862. The van der Waals surface area contributed by atoms with Crippen LogP contribution in [0.25, 0.3) is 0 Å². The van der Waals surface area contributed by atoms with Crippen LogP contribution < -0.4 is 5.32 Å². The summed E-state index contributed by atoms with van der Waals surface area (Å²) in [7, 11) is 0. The maximum atomic E-state index is 12.9. The van der Waals surface area contributed by atoms with E-state index in [1.807, 2.05) is 0 Å². The van der Waals surface area contributed by atoms with Crippen LogP contribution in [0, 0.1) is 11.8 Å². The molecular weight excluding hydrogens is 277 g/mol. The van der Waals surface area contributed by atoms with Crippen LogP contribution in [0.5, 0.6) is 0 Å². The third-order valence-corrected chi connectivity index (χ3v) is 4.49. The molecule has 0 saturated carbocycles. The first-order chi connectivity index (χ1) is 8.48. The van der Waals surface area contributed by atoms with Gasteiger partial charge in [-0.25, -0.2) is 0 Å². The van der Waals surface area contributed by atoms with Gasteiger partial charge in [0.1, 0.15) is 0 Å². The van der Waals surface area contributed by atoms with Crippen LogP contribution in [0.2, 0.25) is 0 Å². The van der Waals surface area contributed by atoms with Gasteiger partial charge in [-0.3, -0.25) is 4.90 Å². The van der Waals surface area contributed by atoms with Crippen molar-refractivity contribution in [2.75, 3.05) is 26.2 Å². The summed E-state index contributed by atoms with van der Waals surface area (Å²) in [6.45, 7) is 5.44. The highest BCUT2D eigenvalue weighted by atomic mass is 35.5. The summed E-state index contributed by atoms with van der Waals surface area (Å²) in [5, 5.41) is 3.30. The van der Waals surface area contributed by atoms with Gasteiger partial charge in [0.05, 0.1) is 5.92 Å². The number of nitrogens with zero attached hydrogens (tertiary/aromatic N) is 1. The van der Waals surface area contributed by atoms with Crippen molar-refractivity contribution in [3.63, 3.8) is 0 Å². The smallest absolute Gasteiger partial charge is 0.317 e. The molecule has 0 aromatic heterocycles. The van der Waals surface area contributed by atoms with Gasteiger partial charge in [0.2, 0.25) is 0 Å². The zero-order chi connectivity index (χ0) is 13.2. The summed E-state index contributed by atoms with van der Waals surface area (Å²) in [5.41, 5.74) is 0. The molecule has 0 bridgehead atoms. The molecule has 2 unspecified atom stereocenters. The van der Waals surface area contributed by atoms with E-state index in [2.05, 4.69) is 10.2 Å². The summed E-state index contributed by atoms with van der Waals surface area (Å²) in [4.78, 5) is 2.07. The molecule has 2 rings (SSSR count). The highest BCUT2D eigenvalue weighted by Crippen LogP contribution is 2.37. The molecule has 0 spiro atoms. The minimum absolute atomic E-state index is 0. The summed E-state index contributed by atoms with van der Waals surface area (Å²) < 4.78 is 38.7. The fraction of sp³-hybridized carbons (Fsp3) is 1.00. The van der Waals surface area contributed by atoms with E-state index in [0.29, 0.717) is 18.8 Å². The number of piperidine rings is 2. The van der Waals surface area contributed by atoms with Crippen molar-refractivity contribution in [2.24, 2.45) is 11.8 Å². The maximum absolute atomic E-state index is 12.9. The van der Waals surface area contributed by atoms with Crippen LogP contribution in [-0.4, -0.2) is 43.3 Å².